The zero-order chi connectivity index (χ0) is 19.4. The van der Waals surface area contributed by atoms with Crippen molar-refractivity contribution in [2.24, 2.45) is 5.92 Å². The Morgan fingerprint density at radius 2 is 1.78 bits per heavy atom. The van der Waals surface area contributed by atoms with Gasteiger partial charge in [-0.2, -0.15) is 17.0 Å². The molecule has 0 aliphatic carbocycles. The monoisotopic (exact) mass is 396 g/mol. The fourth-order valence-electron chi connectivity index (χ4n) is 4.03. The molecule has 0 spiro atoms. The Labute approximate surface area is 161 Å². The summed E-state index contributed by atoms with van der Waals surface area (Å²) in [7, 11) is -1.77. The number of methoxy groups -OCH3 is 1. The van der Waals surface area contributed by atoms with Crippen LogP contribution in [0.3, 0.4) is 0 Å². The van der Waals surface area contributed by atoms with Crippen LogP contribution in [-0.2, 0) is 14.9 Å². The predicted octanol–water partition coefficient (Wildman–Crippen LogP) is 2.17. The summed E-state index contributed by atoms with van der Waals surface area (Å²) in [5, 5.41) is 9.03. The van der Waals surface area contributed by atoms with E-state index >= 15 is 0 Å². The van der Waals surface area contributed by atoms with Crippen molar-refractivity contribution in [1.29, 1.82) is 0 Å². The minimum absolute atomic E-state index is 0.0994. The predicted molar refractivity (Wildman–Crippen MR) is 102 cm³/mol. The molecule has 0 radical (unpaired) electrons. The lowest BCUT2D eigenvalue weighted by molar-refractivity contribution is 0.0697. The minimum Gasteiger partial charge on any atom is -0.478 e. The minimum atomic E-state index is -3.45. The first-order valence-electron chi connectivity index (χ1n) is 9.49. The summed E-state index contributed by atoms with van der Waals surface area (Å²) in [4.78, 5) is 11.0. The maximum atomic E-state index is 13.1. The summed E-state index contributed by atoms with van der Waals surface area (Å²) in [6.07, 6.45) is 3.39. The SMILES string of the molecule is COCC1CCN(S(=O)(=O)N2CCCC(c3ccc(C(=O)O)cc3)C2)CC1. The molecule has 1 aromatic rings. The van der Waals surface area contributed by atoms with Gasteiger partial charge >= 0.3 is 5.97 Å². The summed E-state index contributed by atoms with van der Waals surface area (Å²) in [6.45, 7) is 2.78. The van der Waals surface area contributed by atoms with Crippen LogP contribution in [0.1, 0.15) is 47.5 Å². The summed E-state index contributed by atoms with van der Waals surface area (Å²) in [5.41, 5.74) is 1.25. The smallest absolute Gasteiger partial charge is 0.335 e. The summed E-state index contributed by atoms with van der Waals surface area (Å²) < 4.78 is 34.5. The average molecular weight is 397 g/mol. The van der Waals surface area contributed by atoms with Crippen LogP contribution in [-0.4, -0.2) is 68.0 Å². The quantitative estimate of drug-likeness (QED) is 0.796. The van der Waals surface area contributed by atoms with E-state index in [0.29, 0.717) is 38.7 Å². The number of rotatable bonds is 6. The number of nitrogens with zero attached hydrogens (tertiary/aromatic N) is 2. The fourth-order valence-corrected chi connectivity index (χ4v) is 5.75. The third-order valence-corrected chi connectivity index (χ3v) is 7.64. The van der Waals surface area contributed by atoms with Crippen LogP contribution >= 0.6 is 0 Å². The van der Waals surface area contributed by atoms with Crippen LogP contribution in [0.25, 0.3) is 0 Å². The van der Waals surface area contributed by atoms with Gasteiger partial charge < -0.3 is 9.84 Å². The zero-order valence-electron chi connectivity index (χ0n) is 15.7. The molecule has 150 valence electrons. The van der Waals surface area contributed by atoms with E-state index in [-0.39, 0.29) is 11.5 Å². The number of carboxylic acid groups (broad SMARTS) is 1. The molecular formula is C19H28N2O5S. The molecule has 27 heavy (non-hydrogen) atoms. The van der Waals surface area contributed by atoms with E-state index in [4.69, 9.17) is 9.84 Å². The van der Waals surface area contributed by atoms with Crippen molar-refractivity contribution in [2.45, 2.75) is 31.6 Å². The summed E-state index contributed by atoms with van der Waals surface area (Å²) in [5.74, 6) is -0.419. The third kappa shape index (κ3) is 4.68. The Kier molecular flexibility index (Phi) is 6.52. The highest BCUT2D eigenvalue weighted by atomic mass is 32.2. The Morgan fingerprint density at radius 1 is 1.11 bits per heavy atom. The molecule has 2 heterocycles. The number of hydrogen-bond acceptors (Lipinski definition) is 4. The van der Waals surface area contributed by atoms with Crippen molar-refractivity contribution in [3.63, 3.8) is 0 Å². The van der Waals surface area contributed by atoms with Crippen LogP contribution < -0.4 is 0 Å². The highest BCUT2D eigenvalue weighted by Gasteiger charge is 2.36. The number of piperidine rings is 2. The fraction of sp³-hybridized carbons (Fsp3) is 0.632. The molecule has 0 saturated carbocycles. The van der Waals surface area contributed by atoms with Crippen LogP contribution in [0.4, 0.5) is 0 Å². The molecule has 0 amide bonds. The van der Waals surface area contributed by atoms with Gasteiger partial charge in [-0.1, -0.05) is 12.1 Å². The van der Waals surface area contributed by atoms with Crippen LogP contribution in [0, 0.1) is 5.92 Å². The molecular weight excluding hydrogens is 368 g/mol. The molecule has 1 unspecified atom stereocenters. The zero-order valence-corrected chi connectivity index (χ0v) is 16.5. The lowest BCUT2D eigenvalue weighted by Crippen LogP contribution is -2.50. The summed E-state index contributed by atoms with van der Waals surface area (Å²) in [6, 6.07) is 6.79. The third-order valence-electron chi connectivity index (χ3n) is 5.64. The first-order valence-corrected chi connectivity index (χ1v) is 10.9. The molecule has 3 rings (SSSR count). The molecule has 8 heteroatoms. The molecule has 2 aliphatic heterocycles. The lowest BCUT2D eigenvalue weighted by Gasteiger charge is -2.38. The lowest BCUT2D eigenvalue weighted by atomic mass is 9.91. The van der Waals surface area contributed by atoms with Gasteiger partial charge in [0.15, 0.2) is 0 Å². The highest BCUT2D eigenvalue weighted by Crippen LogP contribution is 2.30. The second-order valence-electron chi connectivity index (χ2n) is 7.43. The normalized spacial score (nSPS) is 23.4. The Hall–Kier alpha value is -1.48. The Balaban J connectivity index is 1.65. The first kappa shape index (κ1) is 20.3. The molecule has 1 atom stereocenters. The van der Waals surface area contributed by atoms with Crippen LogP contribution in [0.15, 0.2) is 24.3 Å². The van der Waals surface area contributed by atoms with Gasteiger partial charge in [0.25, 0.3) is 10.2 Å². The van der Waals surface area contributed by atoms with Gasteiger partial charge in [-0.15, -0.1) is 0 Å². The van der Waals surface area contributed by atoms with Gasteiger partial charge in [-0.3, -0.25) is 0 Å². The number of carbonyl (C=O) groups is 1. The van der Waals surface area contributed by atoms with Crippen molar-refractivity contribution < 1.29 is 23.1 Å². The van der Waals surface area contributed by atoms with Crippen molar-refractivity contribution in [3.05, 3.63) is 35.4 Å². The standard InChI is InChI=1S/C19H28N2O5S/c1-26-14-15-8-11-20(12-9-15)27(24,25)21-10-2-3-18(13-21)16-4-6-17(7-5-16)19(22)23/h4-7,15,18H,2-3,8-14H2,1H3,(H,22,23). The highest BCUT2D eigenvalue weighted by molar-refractivity contribution is 7.86. The molecule has 0 bridgehead atoms. The number of benzene rings is 1. The van der Waals surface area contributed by atoms with Gasteiger partial charge in [0, 0.05) is 39.9 Å². The van der Waals surface area contributed by atoms with E-state index in [9.17, 15) is 13.2 Å². The second-order valence-corrected chi connectivity index (χ2v) is 9.36. The van der Waals surface area contributed by atoms with E-state index in [0.717, 1.165) is 31.2 Å². The van der Waals surface area contributed by atoms with Gasteiger partial charge in [0.2, 0.25) is 0 Å². The molecule has 1 N–H and O–H groups in total. The molecule has 7 nitrogen and oxygen atoms in total. The van der Waals surface area contributed by atoms with Crippen molar-refractivity contribution in [1.82, 2.24) is 8.61 Å². The number of ether oxygens (including phenoxy) is 1. The Morgan fingerprint density at radius 3 is 2.37 bits per heavy atom. The first-order chi connectivity index (χ1) is 12.9. The molecule has 2 fully saturated rings. The van der Waals surface area contributed by atoms with Gasteiger partial charge in [0.05, 0.1) is 5.56 Å². The van der Waals surface area contributed by atoms with Crippen molar-refractivity contribution >= 4 is 16.2 Å². The molecule has 1 aromatic carbocycles. The van der Waals surface area contributed by atoms with E-state index in [1.165, 1.54) is 0 Å². The number of aromatic carboxylic acids is 1. The molecule has 0 aromatic heterocycles. The van der Waals surface area contributed by atoms with Crippen LogP contribution in [0.5, 0.6) is 0 Å². The summed E-state index contributed by atoms with van der Waals surface area (Å²) >= 11 is 0. The number of carboxylic acids is 1. The van der Waals surface area contributed by atoms with Crippen LogP contribution in [0.2, 0.25) is 0 Å². The van der Waals surface area contributed by atoms with Gasteiger partial charge in [-0.05, 0) is 55.2 Å². The maximum absolute atomic E-state index is 13.1. The van der Waals surface area contributed by atoms with Crippen molar-refractivity contribution in [2.75, 3.05) is 39.9 Å². The maximum Gasteiger partial charge on any atom is 0.335 e. The average Bonchev–Trinajstić information content (AvgIpc) is 2.69. The molecule has 2 saturated heterocycles. The van der Waals surface area contributed by atoms with Crippen molar-refractivity contribution in [3.8, 4) is 0 Å². The van der Waals surface area contributed by atoms with E-state index < -0.39 is 16.2 Å². The van der Waals surface area contributed by atoms with E-state index in [1.54, 1.807) is 40.0 Å². The van der Waals surface area contributed by atoms with Gasteiger partial charge in [-0.25, -0.2) is 4.79 Å². The van der Waals surface area contributed by atoms with E-state index in [2.05, 4.69) is 0 Å². The topological polar surface area (TPSA) is 87.2 Å². The Bertz CT molecular complexity index is 742. The second kappa shape index (κ2) is 8.68. The number of hydrogen-bond donors (Lipinski definition) is 1. The molecule has 2 aliphatic rings. The van der Waals surface area contributed by atoms with Gasteiger partial charge in [0.1, 0.15) is 0 Å². The van der Waals surface area contributed by atoms with E-state index in [1.807, 2.05) is 0 Å². The largest absolute Gasteiger partial charge is 0.478 e.